The first-order valence-electron chi connectivity index (χ1n) is 5.96. The number of anilines is 1. The highest BCUT2D eigenvalue weighted by Gasteiger charge is 2.21. The second-order valence-corrected chi connectivity index (χ2v) is 4.14. The van der Waals surface area contributed by atoms with E-state index in [0.29, 0.717) is 37.6 Å². The van der Waals surface area contributed by atoms with Crippen molar-refractivity contribution in [2.24, 2.45) is 0 Å². The molecule has 1 aliphatic rings. The van der Waals surface area contributed by atoms with Crippen molar-refractivity contribution in [1.82, 2.24) is 4.90 Å². The number of nitrogens with zero attached hydrogens (tertiary/aromatic N) is 2. The fraction of sp³-hybridized carbons (Fsp3) is 0.417. The Morgan fingerprint density at radius 2 is 2.11 bits per heavy atom. The standard InChI is InChI=1S/C12H15N3O4/c1-13-10-8-9(2-3-11(10)15(17)18)12(16)14-4-6-19-7-5-14/h2-3,8,13H,4-7H2,1H3. The molecule has 0 unspecified atom stereocenters. The summed E-state index contributed by atoms with van der Waals surface area (Å²) in [7, 11) is 1.59. The molecule has 1 aromatic rings. The lowest BCUT2D eigenvalue weighted by atomic mass is 10.1. The molecule has 7 heteroatoms. The Morgan fingerprint density at radius 3 is 2.68 bits per heavy atom. The SMILES string of the molecule is CNc1cc(C(=O)N2CCOCC2)ccc1[N+](=O)[O-]. The number of nitro groups is 1. The van der Waals surface area contributed by atoms with Gasteiger partial charge in [0.1, 0.15) is 5.69 Å². The minimum Gasteiger partial charge on any atom is -0.383 e. The van der Waals surface area contributed by atoms with Gasteiger partial charge >= 0.3 is 0 Å². The molecule has 1 N–H and O–H groups in total. The van der Waals surface area contributed by atoms with Gasteiger partial charge < -0.3 is 15.0 Å². The number of hydrogen-bond acceptors (Lipinski definition) is 5. The quantitative estimate of drug-likeness (QED) is 0.653. The highest BCUT2D eigenvalue weighted by atomic mass is 16.6. The molecule has 1 saturated heterocycles. The van der Waals surface area contributed by atoms with Gasteiger partial charge in [0, 0.05) is 31.8 Å². The lowest BCUT2D eigenvalue weighted by Crippen LogP contribution is -2.40. The Morgan fingerprint density at radius 1 is 1.42 bits per heavy atom. The Balaban J connectivity index is 2.24. The van der Waals surface area contributed by atoms with Gasteiger partial charge in [-0.1, -0.05) is 0 Å². The van der Waals surface area contributed by atoms with Gasteiger partial charge in [-0.15, -0.1) is 0 Å². The maximum Gasteiger partial charge on any atom is 0.292 e. The molecule has 0 bridgehead atoms. The Labute approximate surface area is 110 Å². The number of carbonyl (C=O) groups excluding carboxylic acids is 1. The normalized spacial score (nSPS) is 15.1. The van der Waals surface area contributed by atoms with Crippen LogP contribution in [-0.4, -0.2) is 49.1 Å². The van der Waals surface area contributed by atoms with Crippen molar-refractivity contribution < 1.29 is 14.5 Å². The molecule has 0 aliphatic carbocycles. The molecule has 1 heterocycles. The van der Waals surface area contributed by atoms with Gasteiger partial charge in [0.2, 0.25) is 0 Å². The van der Waals surface area contributed by atoms with Crippen LogP contribution < -0.4 is 5.32 Å². The molecule has 7 nitrogen and oxygen atoms in total. The number of rotatable bonds is 3. The minimum absolute atomic E-state index is 0.0407. The van der Waals surface area contributed by atoms with Crippen molar-refractivity contribution in [1.29, 1.82) is 0 Å². The molecule has 0 spiro atoms. The highest BCUT2D eigenvalue weighted by Crippen LogP contribution is 2.25. The smallest absolute Gasteiger partial charge is 0.292 e. The monoisotopic (exact) mass is 265 g/mol. The number of amides is 1. The fourth-order valence-corrected chi connectivity index (χ4v) is 1.98. The summed E-state index contributed by atoms with van der Waals surface area (Å²) in [6.45, 7) is 2.14. The molecule has 19 heavy (non-hydrogen) atoms. The minimum atomic E-state index is -0.477. The van der Waals surface area contributed by atoms with E-state index in [2.05, 4.69) is 5.32 Å². The number of morpholine rings is 1. The number of ether oxygens (including phenoxy) is 1. The van der Waals surface area contributed by atoms with Crippen LogP contribution in [-0.2, 0) is 4.74 Å². The molecule has 2 rings (SSSR count). The maximum atomic E-state index is 12.2. The number of hydrogen-bond donors (Lipinski definition) is 1. The van der Waals surface area contributed by atoms with Gasteiger partial charge in [0.15, 0.2) is 0 Å². The third kappa shape index (κ3) is 2.82. The number of carbonyl (C=O) groups is 1. The summed E-state index contributed by atoms with van der Waals surface area (Å²) in [4.78, 5) is 24.2. The summed E-state index contributed by atoms with van der Waals surface area (Å²) < 4.78 is 5.19. The van der Waals surface area contributed by atoms with Gasteiger partial charge in [-0.25, -0.2) is 0 Å². The third-order valence-electron chi connectivity index (χ3n) is 3.01. The molecule has 1 fully saturated rings. The first kappa shape index (κ1) is 13.3. The molecular formula is C12H15N3O4. The van der Waals surface area contributed by atoms with E-state index in [9.17, 15) is 14.9 Å². The fourth-order valence-electron chi connectivity index (χ4n) is 1.98. The van der Waals surface area contributed by atoms with E-state index in [4.69, 9.17) is 4.74 Å². The lowest BCUT2D eigenvalue weighted by molar-refractivity contribution is -0.383. The van der Waals surface area contributed by atoms with E-state index < -0.39 is 4.92 Å². The summed E-state index contributed by atoms with van der Waals surface area (Å²) in [5.41, 5.74) is 0.738. The Bertz CT molecular complexity index is 498. The third-order valence-corrected chi connectivity index (χ3v) is 3.01. The molecule has 1 aliphatic heterocycles. The zero-order chi connectivity index (χ0) is 13.8. The Hall–Kier alpha value is -2.15. The van der Waals surface area contributed by atoms with Crippen LogP contribution in [0, 0.1) is 10.1 Å². The topological polar surface area (TPSA) is 84.7 Å². The molecule has 0 radical (unpaired) electrons. The van der Waals surface area contributed by atoms with Gasteiger partial charge in [-0.2, -0.15) is 0 Å². The first-order chi connectivity index (χ1) is 9.13. The molecule has 1 aromatic carbocycles. The summed E-state index contributed by atoms with van der Waals surface area (Å²) in [5.74, 6) is -0.130. The molecule has 102 valence electrons. The highest BCUT2D eigenvalue weighted by molar-refractivity contribution is 5.96. The number of nitrogens with one attached hydrogen (secondary N) is 1. The van der Waals surface area contributed by atoms with Crippen molar-refractivity contribution in [2.45, 2.75) is 0 Å². The van der Waals surface area contributed by atoms with E-state index in [1.807, 2.05) is 0 Å². The van der Waals surface area contributed by atoms with Crippen molar-refractivity contribution in [3.8, 4) is 0 Å². The number of benzene rings is 1. The van der Waals surface area contributed by atoms with Crippen molar-refractivity contribution in [3.63, 3.8) is 0 Å². The van der Waals surface area contributed by atoms with Crippen molar-refractivity contribution >= 4 is 17.3 Å². The summed E-state index contributed by atoms with van der Waals surface area (Å²) in [6.07, 6.45) is 0. The largest absolute Gasteiger partial charge is 0.383 e. The van der Waals surface area contributed by atoms with Crippen LogP contribution in [0.3, 0.4) is 0 Å². The Kier molecular flexibility index (Phi) is 3.96. The van der Waals surface area contributed by atoms with Gasteiger partial charge in [0.25, 0.3) is 11.6 Å². The van der Waals surface area contributed by atoms with E-state index >= 15 is 0 Å². The molecular weight excluding hydrogens is 250 g/mol. The summed E-state index contributed by atoms with van der Waals surface area (Å²) in [5, 5.41) is 13.6. The zero-order valence-corrected chi connectivity index (χ0v) is 10.6. The van der Waals surface area contributed by atoms with Gasteiger partial charge in [-0.3, -0.25) is 14.9 Å². The first-order valence-corrected chi connectivity index (χ1v) is 5.96. The van der Waals surface area contributed by atoms with E-state index in [0.717, 1.165) is 0 Å². The van der Waals surface area contributed by atoms with Crippen LogP contribution in [0.5, 0.6) is 0 Å². The summed E-state index contributed by atoms with van der Waals surface area (Å²) >= 11 is 0. The van der Waals surface area contributed by atoms with E-state index in [1.54, 1.807) is 11.9 Å². The zero-order valence-electron chi connectivity index (χ0n) is 10.6. The lowest BCUT2D eigenvalue weighted by Gasteiger charge is -2.26. The van der Waals surface area contributed by atoms with Crippen LogP contribution >= 0.6 is 0 Å². The molecule has 1 amide bonds. The van der Waals surface area contributed by atoms with Crippen LogP contribution in [0.2, 0.25) is 0 Å². The van der Waals surface area contributed by atoms with E-state index in [-0.39, 0.29) is 11.6 Å². The molecule has 0 saturated carbocycles. The van der Waals surface area contributed by atoms with Crippen molar-refractivity contribution in [2.75, 3.05) is 38.7 Å². The molecule has 0 aromatic heterocycles. The summed E-state index contributed by atoms with van der Waals surface area (Å²) in [6, 6.07) is 4.34. The predicted octanol–water partition coefficient (Wildman–Crippen LogP) is 1.11. The van der Waals surface area contributed by atoms with Crippen LogP contribution in [0.4, 0.5) is 11.4 Å². The second-order valence-electron chi connectivity index (χ2n) is 4.14. The predicted molar refractivity (Wildman–Crippen MR) is 69.4 cm³/mol. The van der Waals surface area contributed by atoms with Crippen LogP contribution in [0.25, 0.3) is 0 Å². The number of nitro benzene ring substituents is 1. The van der Waals surface area contributed by atoms with Gasteiger partial charge in [-0.05, 0) is 12.1 Å². The second kappa shape index (κ2) is 5.66. The van der Waals surface area contributed by atoms with Crippen LogP contribution in [0.15, 0.2) is 18.2 Å². The van der Waals surface area contributed by atoms with Crippen LogP contribution in [0.1, 0.15) is 10.4 Å². The average molecular weight is 265 g/mol. The van der Waals surface area contributed by atoms with E-state index in [1.165, 1.54) is 18.2 Å². The average Bonchev–Trinajstić information content (AvgIpc) is 2.46. The van der Waals surface area contributed by atoms with Crippen molar-refractivity contribution in [3.05, 3.63) is 33.9 Å². The van der Waals surface area contributed by atoms with Gasteiger partial charge in [0.05, 0.1) is 18.1 Å². The molecule has 0 atom stereocenters. The maximum absolute atomic E-state index is 12.2.